The number of hydrogen-bond donors (Lipinski definition) is 1. The van der Waals surface area contributed by atoms with Gasteiger partial charge in [-0.05, 0) is 31.5 Å². The topological polar surface area (TPSA) is 96.3 Å². The molecule has 0 aliphatic carbocycles. The minimum absolute atomic E-state index is 0.0851. The van der Waals surface area contributed by atoms with Crippen molar-refractivity contribution in [1.29, 1.82) is 0 Å². The van der Waals surface area contributed by atoms with Crippen molar-refractivity contribution >= 4 is 22.6 Å². The number of carbonyl (C=O) groups is 1. The van der Waals surface area contributed by atoms with Crippen LogP contribution in [0.2, 0.25) is 0 Å². The molecule has 0 amide bonds. The number of esters is 1. The second-order valence-corrected chi connectivity index (χ2v) is 6.65. The molecule has 0 saturated carbocycles. The van der Waals surface area contributed by atoms with Gasteiger partial charge in [-0.3, -0.25) is 9.59 Å². The van der Waals surface area contributed by atoms with Gasteiger partial charge in [0.2, 0.25) is 0 Å². The van der Waals surface area contributed by atoms with Gasteiger partial charge in [0.1, 0.15) is 17.4 Å². The molecule has 1 atom stereocenters. The number of fused-ring (bicyclic) bond motifs is 2. The van der Waals surface area contributed by atoms with Crippen molar-refractivity contribution in [3.05, 3.63) is 85.9 Å². The average molecular weight is 377 g/mol. The van der Waals surface area contributed by atoms with E-state index in [4.69, 9.17) is 10.5 Å². The monoisotopic (exact) mass is 377 g/mol. The Hall–Kier alpha value is -3.61. The third kappa shape index (κ3) is 2.47. The van der Waals surface area contributed by atoms with E-state index in [1.807, 2.05) is 25.1 Å². The summed E-state index contributed by atoms with van der Waals surface area (Å²) in [5.41, 5.74) is 7.09. The van der Waals surface area contributed by atoms with Crippen LogP contribution in [-0.2, 0) is 9.53 Å². The summed E-state index contributed by atoms with van der Waals surface area (Å²) in [5, 5.41) is 0.527. The normalized spacial score (nSPS) is 15.7. The lowest BCUT2D eigenvalue weighted by Crippen LogP contribution is -2.38. The molecule has 0 fully saturated rings. The van der Waals surface area contributed by atoms with Crippen LogP contribution in [0.4, 0.5) is 0 Å². The van der Waals surface area contributed by atoms with E-state index in [1.165, 1.54) is 4.68 Å². The van der Waals surface area contributed by atoms with Gasteiger partial charge >= 0.3 is 5.97 Å². The molecular weight excluding hydrogens is 358 g/mol. The highest BCUT2D eigenvalue weighted by Gasteiger charge is 2.38. The van der Waals surface area contributed by atoms with Gasteiger partial charge in [0, 0.05) is 0 Å². The van der Waals surface area contributed by atoms with Crippen molar-refractivity contribution < 1.29 is 9.53 Å². The first-order valence-corrected chi connectivity index (χ1v) is 8.96. The largest absolute Gasteiger partial charge is 0.462 e. The molecule has 0 saturated heterocycles. The van der Waals surface area contributed by atoms with E-state index in [2.05, 4.69) is 0 Å². The van der Waals surface area contributed by atoms with Gasteiger partial charge in [0.25, 0.3) is 11.1 Å². The second-order valence-electron chi connectivity index (χ2n) is 6.65. The van der Waals surface area contributed by atoms with E-state index in [1.54, 1.807) is 37.3 Å². The van der Waals surface area contributed by atoms with Gasteiger partial charge in [0.05, 0.1) is 17.4 Å². The van der Waals surface area contributed by atoms with Crippen molar-refractivity contribution in [2.75, 3.05) is 6.61 Å². The molecule has 0 spiro atoms. The number of aryl methyl sites for hydroxylation is 1. The summed E-state index contributed by atoms with van der Waals surface area (Å²) in [4.78, 5) is 39.1. The fraction of sp³-hybridized carbons (Fsp3) is 0.190. The van der Waals surface area contributed by atoms with Crippen LogP contribution in [0.1, 0.15) is 24.1 Å². The molecule has 2 aromatic carbocycles. The predicted molar refractivity (Wildman–Crippen MR) is 106 cm³/mol. The van der Waals surface area contributed by atoms with Gasteiger partial charge in [0.15, 0.2) is 0 Å². The van der Waals surface area contributed by atoms with E-state index < -0.39 is 23.1 Å². The number of rotatable bonds is 3. The molecule has 1 unspecified atom stereocenters. The van der Waals surface area contributed by atoms with Gasteiger partial charge in [-0.2, -0.15) is 4.68 Å². The number of aromatic nitrogens is 2. The number of ether oxygens (including phenoxy) is 1. The number of carbonyl (C=O) groups excluding carboxylic acids is 1. The maximum absolute atomic E-state index is 13.3. The first kappa shape index (κ1) is 17.8. The highest BCUT2D eigenvalue weighted by molar-refractivity contribution is 5.97. The van der Waals surface area contributed by atoms with Crippen LogP contribution in [0.5, 0.6) is 0 Å². The van der Waals surface area contributed by atoms with Gasteiger partial charge in [-0.15, -0.1) is 0 Å². The first-order valence-electron chi connectivity index (χ1n) is 8.96. The lowest BCUT2D eigenvalue weighted by Gasteiger charge is -2.18. The molecule has 28 heavy (non-hydrogen) atoms. The zero-order valence-electron chi connectivity index (χ0n) is 15.5. The molecule has 4 rings (SSSR count). The summed E-state index contributed by atoms with van der Waals surface area (Å²) >= 11 is 0. The Bertz CT molecular complexity index is 1270. The van der Waals surface area contributed by atoms with Crippen molar-refractivity contribution in [3.8, 4) is 0 Å². The minimum Gasteiger partial charge on any atom is -0.462 e. The van der Waals surface area contributed by atoms with Crippen LogP contribution in [0.15, 0.2) is 63.7 Å². The lowest BCUT2D eigenvalue weighted by molar-refractivity contribution is -0.138. The van der Waals surface area contributed by atoms with Crippen molar-refractivity contribution in [2.45, 2.75) is 19.9 Å². The third-order valence-electron chi connectivity index (χ3n) is 4.88. The number of hydrogen-bond acceptors (Lipinski definition) is 5. The van der Waals surface area contributed by atoms with E-state index in [-0.39, 0.29) is 28.8 Å². The van der Waals surface area contributed by atoms with Gasteiger partial charge in [-0.1, -0.05) is 42.0 Å². The number of nitrogens with zero attached hydrogens (tertiary/aromatic N) is 2. The summed E-state index contributed by atoms with van der Waals surface area (Å²) in [6, 6.07) is 13.1. The summed E-state index contributed by atoms with van der Waals surface area (Å²) in [6.07, 6.45) is 0. The van der Waals surface area contributed by atoms with E-state index in [0.29, 0.717) is 5.56 Å². The quantitative estimate of drug-likeness (QED) is 0.702. The maximum atomic E-state index is 13.3. The second kappa shape index (κ2) is 6.53. The van der Waals surface area contributed by atoms with Crippen LogP contribution in [0.25, 0.3) is 16.6 Å². The Balaban J connectivity index is 2.12. The molecule has 7 heteroatoms. The molecule has 7 nitrogen and oxygen atoms in total. The number of benzene rings is 2. The van der Waals surface area contributed by atoms with Crippen LogP contribution in [-0.4, -0.2) is 21.9 Å². The Morgan fingerprint density at radius 2 is 1.75 bits per heavy atom. The summed E-state index contributed by atoms with van der Waals surface area (Å²) in [7, 11) is 0. The number of nitrogens with two attached hydrogens (primary N) is 1. The molecule has 142 valence electrons. The Labute approximate surface area is 160 Å². The smallest absolute Gasteiger partial charge is 0.340 e. The molecule has 0 radical (unpaired) electrons. The van der Waals surface area contributed by atoms with Crippen LogP contribution in [0.3, 0.4) is 0 Å². The Morgan fingerprint density at radius 3 is 2.39 bits per heavy atom. The van der Waals surface area contributed by atoms with E-state index in [0.717, 1.165) is 10.2 Å². The predicted octanol–water partition coefficient (Wildman–Crippen LogP) is 1.77. The highest BCUT2D eigenvalue weighted by atomic mass is 16.5. The van der Waals surface area contributed by atoms with E-state index >= 15 is 0 Å². The molecule has 1 aliphatic rings. The molecule has 2 heterocycles. The molecule has 0 bridgehead atoms. The zero-order valence-corrected chi connectivity index (χ0v) is 15.5. The van der Waals surface area contributed by atoms with Crippen LogP contribution in [0, 0.1) is 6.92 Å². The van der Waals surface area contributed by atoms with Crippen molar-refractivity contribution in [2.24, 2.45) is 5.73 Å². The standard InChI is InChI=1S/C21H19N3O4/c1-3-28-21(27)16-17(13-8-6-7-12(2)11-13)23-19(25)14-9-4-5-10-15(14)20(26)24(23)18(16)22/h4-11,17H,3,22H2,1-2H3. The molecule has 1 aliphatic heterocycles. The van der Waals surface area contributed by atoms with Crippen LogP contribution >= 0.6 is 0 Å². The average Bonchev–Trinajstić information content (AvgIpc) is 3.00. The fourth-order valence-corrected chi connectivity index (χ4v) is 3.69. The third-order valence-corrected chi connectivity index (χ3v) is 4.88. The van der Waals surface area contributed by atoms with Crippen LogP contribution < -0.4 is 16.9 Å². The molecule has 2 N–H and O–H groups in total. The molecule has 1 aromatic heterocycles. The van der Waals surface area contributed by atoms with Crippen molar-refractivity contribution in [3.63, 3.8) is 0 Å². The molecular formula is C21H19N3O4. The lowest BCUT2D eigenvalue weighted by atomic mass is 9.98. The van der Waals surface area contributed by atoms with E-state index in [9.17, 15) is 14.4 Å². The summed E-state index contributed by atoms with van der Waals surface area (Å²) in [6.45, 7) is 3.75. The fourth-order valence-electron chi connectivity index (χ4n) is 3.69. The highest BCUT2D eigenvalue weighted by Crippen LogP contribution is 2.34. The zero-order chi connectivity index (χ0) is 20.0. The maximum Gasteiger partial charge on any atom is 0.340 e. The van der Waals surface area contributed by atoms with Gasteiger partial charge < -0.3 is 10.5 Å². The Morgan fingerprint density at radius 1 is 1.07 bits per heavy atom. The first-order chi connectivity index (χ1) is 13.5. The summed E-state index contributed by atoms with van der Waals surface area (Å²) in [5.74, 6) is -0.733. The minimum atomic E-state index is -0.844. The Kier molecular flexibility index (Phi) is 4.15. The SMILES string of the molecule is CCOC(=O)C1=C(N)n2c(=O)c3ccccc3c(=O)n2C1c1cccc(C)c1. The van der Waals surface area contributed by atoms with Crippen molar-refractivity contribution in [1.82, 2.24) is 9.36 Å². The molecule has 3 aromatic rings. The summed E-state index contributed by atoms with van der Waals surface area (Å²) < 4.78 is 7.52. The van der Waals surface area contributed by atoms with Gasteiger partial charge in [-0.25, -0.2) is 9.48 Å².